The summed E-state index contributed by atoms with van der Waals surface area (Å²) in [4.78, 5) is 2.32. The van der Waals surface area contributed by atoms with Crippen LogP contribution < -0.4 is 4.74 Å². The summed E-state index contributed by atoms with van der Waals surface area (Å²) in [5, 5.41) is 0.974. The van der Waals surface area contributed by atoms with Crippen LogP contribution in [-0.2, 0) is 0 Å². The smallest absolute Gasteiger partial charge is 0.260 e. The van der Waals surface area contributed by atoms with E-state index in [1.54, 1.807) is 11.8 Å². The van der Waals surface area contributed by atoms with Crippen LogP contribution in [0, 0.1) is 0 Å². The molecule has 1 saturated heterocycles. The van der Waals surface area contributed by atoms with E-state index in [4.69, 9.17) is 4.74 Å². The maximum Gasteiger partial charge on any atom is 0.260 e. The van der Waals surface area contributed by atoms with Crippen molar-refractivity contribution < 1.29 is 4.74 Å². The summed E-state index contributed by atoms with van der Waals surface area (Å²) in [6.45, 7) is 4.37. The van der Waals surface area contributed by atoms with E-state index in [0.717, 1.165) is 29.6 Å². The van der Waals surface area contributed by atoms with Gasteiger partial charge in [-0.05, 0) is 38.6 Å². The quantitative estimate of drug-likeness (QED) is 0.594. The first-order valence-electron chi connectivity index (χ1n) is 6.60. The zero-order chi connectivity index (χ0) is 12.8. The van der Waals surface area contributed by atoms with Gasteiger partial charge in [0.15, 0.2) is 5.03 Å². The zero-order valence-corrected chi connectivity index (χ0v) is 12.7. The van der Waals surface area contributed by atoms with Gasteiger partial charge in [0, 0.05) is 6.54 Å². The molecular weight excluding hydrogens is 266 g/mol. The summed E-state index contributed by atoms with van der Waals surface area (Å²) in [6.07, 6.45) is 5.04. The van der Waals surface area contributed by atoms with Crippen LogP contribution >= 0.6 is 23.5 Å². The second-order valence-corrected chi connectivity index (χ2v) is 6.33. The van der Waals surface area contributed by atoms with E-state index in [2.05, 4.69) is 27.6 Å². The van der Waals surface area contributed by atoms with Crippen LogP contribution in [0.25, 0.3) is 0 Å². The lowest BCUT2D eigenvalue weighted by Gasteiger charge is -2.29. The molecule has 1 aromatic heterocycles. The predicted molar refractivity (Wildman–Crippen MR) is 76.7 cm³/mol. The topological polar surface area (TPSA) is 38.3 Å². The molecule has 0 saturated carbocycles. The van der Waals surface area contributed by atoms with Crippen molar-refractivity contribution in [3.8, 4) is 5.88 Å². The summed E-state index contributed by atoms with van der Waals surface area (Å²) >= 11 is 3.02. The molecule has 1 aliphatic rings. The van der Waals surface area contributed by atoms with Gasteiger partial charge in [-0.1, -0.05) is 25.1 Å². The number of unbranched alkanes of at least 4 members (excludes halogenated alkanes) is 1. The van der Waals surface area contributed by atoms with Gasteiger partial charge in [0.05, 0.1) is 11.7 Å². The Hall–Kier alpha value is -0.330. The third kappa shape index (κ3) is 4.10. The normalized spacial score (nSPS) is 21.1. The Balaban J connectivity index is 1.86. The van der Waals surface area contributed by atoms with Crippen LogP contribution in [-0.4, -0.2) is 45.6 Å². The Morgan fingerprint density at radius 3 is 3.17 bits per heavy atom. The molecule has 18 heavy (non-hydrogen) atoms. The highest BCUT2D eigenvalue weighted by atomic mass is 32.2. The van der Waals surface area contributed by atoms with Gasteiger partial charge >= 0.3 is 0 Å². The van der Waals surface area contributed by atoms with Gasteiger partial charge in [-0.25, -0.2) is 0 Å². The van der Waals surface area contributed by atoms with Gasteiger partial charge in [0.2, 0.25) is 0 Å². The van der Waals surface area contributed by atoms with Gasteiger partial charge in [-0.15, -0.1) is 4.37 Å². The van der Waals surface area contributed by atoms with E-state index < -0.39 is 0 Å². The molecule has 2 rings (SSSR count). The Bertz CT molecular complexity index is 359. The second-order valence-electron chi connectivity index (χ2n) is 4.72. The summed E-state index contributed by atoms with van der Waals surface area (Å²) in [6, 6.07) is 0. The number of rotatable bonds is 6. The lowest BCUT2D eigenvalue weighted by molar-refractivity contribution is 0.0980. The van der Waals surface area contributed by atoms with Crippen LogP contribution in [0.15, 0.2) is 5.03 Å². The molecule has 1 fully saturated rings. The van der Waals surface area contributed by atoms with E-state index >= 15 is 0 Å². The summed E-state index contributed by atoms with van der Waals surface area (Å²) in [5.74, 6) is 1.85. The van der Waals surface area contributed by atoms with Crippen molar-refractivity contribution in [2.24, 2.45) is 0 Å². The van der Waals surface area contributed by atoms with Gasteiger partial charge < -0.3 is 9.64 Å². The van der Waals surface area contributed by atoms with Crippen molar-refractivity contribution in [1.82, 2.24) is 13.6 Å². The highest BCUT2D eigenvalue weighted by Crippen LogP contribution is 2.29. The molecule has 1 aromatic rings. The molecule has 0 N–H and O–H groups in total. The highest BCUT2D eigenvalue weighted by Gasteiger charge is 2.21. The molecule has 6 heteroatoms. The fraction of sp³-hybridized carbons (Fsp3) is 0.833. The largest absolute Gasteiger partial charge is 0.470 e. The van der Waals surface area contributed by atoms with E-state index in [-0.39, 0.29) is 6.10 Å². The average Bonchev–Trinajstić information content (AvgIpc) is 2.77. The molecule has 1 aliphatic heterocycles. The molecule has 0 spiro atoms. The molecule has 0 amide bonds. The van der Waals surface area contributed by atoms with Crippen molar-refractivity contribution in [1.29, 1.82) is 0 Å². The lowest BCUT2D eigenvalue weighted by Crippen LogP contribution is -2.38. The third-order valence-electron chi connectivity index (χ3n) is 3.03. The minimum absolute atomic E-state index is 0.276. The molecule has 4 nitrogen and oxygen atoms in total. The van der Waals surface area contributed by atoms with E-state index in [1.165, 1.54) is 37.5 Å². The van der Waals surface area contributed by atoms with Gasteiger partial charge in [-0.2, -0.15) is 4.37 Å². The monoisotopic (exact) mass is 287 g/mol. The van der Waals surface area contributed by atoms with Crippen molar-refractivity contribution in [3.05, 3.63) is 0 Å². The van der Waals surface area contributed by atoms with E-state index in [1.807, 2.05) is 0 Å². The summed E-state index contributed by atoms with van der Waals surface area (Å²) in [5.41, 5.74) is 0. The number of likely N-dealkylation sites (tertiary alicyclic amines) is 1. The molecule has 1 unspecified atom stereocenters. The maximum atomic E-state index is 6.00. The van der Waals surface area contributed by atoms with E-state index in [9.17, 15) is 0 Å². The first kappa shape index (κ1) is 14.1. The number of ether oxygens (including phenoxy) is 1. The first-order chi connectivity index (χ1) is 8.79. The third-order valence-corrected chi connectivity index (χ3v) is 4.69. The molecule has 0 aliphatic carbocycles. The zero-order valence-electron chi connectivity index (χ0n) is 11.1. The summed E-state index contributed by atoms with van der Waals surface area (Å²) in [7, 11) is 2.14. The first-order valence-corrected chi connectivity index (χ1v) is 8.31. The van der Waals surface area contributed by atoms with Crippen LogP contribution in [0.1, 0.15) is 32.6 Å². The number of piperidine rings is 1. The average molecular weight is 287 g/mol. The minimum Gasteiger partial charge on any atom is -0.470 e. The maximum absolute atomic E-state index is 6.00. The lowest BCUT2D eigenvalue weighted by atomic mass is 10.1. The number of hydrogen-bond donors (Lipinski definition) is 0. The Morgan fingerprint density at radius 2 is 2.39 bits per heavy atom. The van der Waals surface area contributed by atoms with Crippen LogP contribution in [0.2, 0.25) is 0 Å². The number of thioether (sulfide) groups is 1. The van der Waals surface area contributed by atoms with E-state index in [0.29, 0.717) is 0 Å². The fourth-order valence-electron chi connectivity index (χ4n) is 2.02. The standard InChI is InChI=1S/C12H21N3OS2/c1-3-4-8-17-12-11(13-18-14-12)16-10-6-5-7-15(2)9-10/h10H,3-9H2,1-2H3. The molecular formula is C12H21N3OS2. The number of likely N-dealkylation sites (N-methyl/N-ethyl adjacent to an activating group) is 1. The van der Waals surface area contributed by atoms with Crippen LogP contribution in [0.4, 0.5) is 0 Å². The van der Waals surface area contributed by atoms with Crippen molar-refractivity contribution in [2.45, 2.75) is 43.7 Å². The predicted octanol–water partition coefficient (Wildman–Crippen LogP) is 2.90. The summed E-state index contributed by atoms with van der Waals surface area (Å²) < 4.78 is 14.6. The van der Waals surface area contributed by atoms with Gasteiger partial charge in [-0.3, -0.25) is 0 Å². The Labute approximate surface area is 117 Å². The molecule has 0 bridgehead atoms. The van der Waals surface area contributed by atoms with Crippen molar-refractivity contribution in [2.75, 3.05) is 25.9 Å². The van der Waals surface area contributed by atoms with Gasteiger partial charge in [0.1, 0.15) is 6.10 Å². The Morgan fingerprint density at radius 1 is 1.50 bits per heavy atom. The molecule has 0 aromatic carbocycles. The highest BCUT2D eigenvalue weighted by molar-refractivity contribution is 7.99. The van der Waals surface area contributed by atoms with Crippen molar-refractivity contribution in [3.63, 3.8) is 0 Å². The molecule has 0 radical (unpaired) electrons. The van der Waals surface area contributed by atoms with Crippen molar-refractivity contribution >= 4 is 23.5 Å². The SMILES string of the molecule is CCCCSc1nsnc1OC1CCCN(C)C1. The fourth-order valence-corrected chi connectivity index (χ4v) is 3.63. The molecule has 2 heterocycles. The second kappa shape index (κ2) is 7.31. The Kier molecular flexibility index (Phi) is 5.72. The minimum atomic E-state index is 0.276. The molecule has 1 atom stereocenters. The number of nitrogens with zero attached hydrogens (tertiary/aromatic N) is 3. The number of hydrogen-bond acceptors (Lipinski definition) is 6. The van der Waals surface area contributed by atoms with Gasteiger partial charge in [0.25, 0.3) is 5.88 Å². The van der Waals surface area contributed by atoms with Crippen LogP contribution in [0.3, 0.4) is 0 Å². The number of aromatic nitrogens is 2. The van der Waals surface area contributed by atoms with Crippen LogP contribution in [0.5, 0.6) is 5.88 Å². The molecule has 102 valence electrons.